The number of nitrogens with zero attached hydrogens (tertiary/aromatic N) is 1. The Kier molecular flexibility index (Phi) is 3.80. The molecule has 0 aromatic carbocycles. The average molecular weight is 235 g/mol. The van der Waals surface area contributed by atoms with Crippen LogP contribution in [0.4, 0.5) is 0 Å². The monoisotopic (exact) mass is 235 g/mol. The molecule has 2 aromatic rings. The van der Waals surface area contributed by atoms with E-state index in [1.807, 2.05) is 0 Å². The van der Waals surface area contributed by atoms with Crippen LogP contribution < -0.4 is 0 Å². The van der Waals surface area contributed by atoms with Gasteiger partial charge in [-0.2, -0.15) is 11.3 Å². The van der Waals surface area contributed by atoms with Crippen molar-refractivity contribution in [3.05, 3.63) is 34.7 Å². The summed E-state index contributed by atoms with van der Waals surface area (Å²) in [5, 5.41) is 4.19. The van der Waals surface area contributed by atoms with Crippen molar-refractivity contribution >= 4 is 11.3 Å². The zero-order valence-corrected chi connectivity index (χ0v) is 10.6. The molecule has 3 heteroatoms. The van der Waals surface area contributed by atoms with E-state index in [2.05, 4.69) is 48.0 Å². The van der Waals surface area contributed by atoms with Crippen molar-refractivity contribution in [1.82, 2.24) is 4.90 Å². The lowest BCUT2D eigenvalue weighted by atomic mass is 10.2. The van der Waals surface area contributed by atoms with Crippen molar-refractivity contribution in [3.63, 3.8) is 0 Å². The van der Waals surface area contributed by atoms with Crippen LogP contribution in [0.3, 0.4) is 0 Å². The maximum atomic E-state index is 5.80. The fourth-order valence-corrected chi connectivity index (χ4v) is 2.29. The first-order valence-corrected chi connectivity index (χ1v) is 6.46. The number of furan rings is 1. The highest BCUT2D eigenvalue weighted by atomic mass is 32.1. The molecule has 0 atom stereocenters. The van der Waals surface area contributed by atoms with Crippen molar-refractivity contribution in [2.45, 2.75) is 12.8 Å². The molecule has 2 aromatic heterocycles. The molecular formula is C13H17NOS. The minimum Gasteiger partial charge on any atom is -0.461 e. The summed E-state index contributed by atoms with van der Waals surface area (Å²) < 4.78 is 5.80. The number of aryl methyl sites for hydroxylation is 1. The van der Waals surface area contributed by atoms with Gasteiger partial charge in [0.05, 0.1) is 0 Å². The van der Waals surface area contributed by atoms with Crippen LogP contribution >= 0.6 is 11.3 Å². The highest BCUT2D eigenvalue weighted by Crippen LogP contribution is 2.24. The van der Waals surface area contributed by atoms with Crippen molar-refractivity contribution < 1.29 is 4.42 Å². The number of rotatable bonds is 5. The highest BCUT2D eigenvalue weighted by Gasteiger charge is 2.04. The zero-order chi connectivity index (χ0) is 11.4. The maximum Gasteiger partial charge on any atom is 0.135 e. The van der Waals surface area contributed by atoms with E-state index < -0.39 is 0 Å². The van der Waals surface area contributed by atoms with Crippen molar-refractivity contribution in [1.29, 1.82) is 0 Å². The first kappa shape index (κ1) is 11.4. The number of thiophene rings is 1. The predicted molar refractivity (Wildman–Crippen MR) is 68.9 cm³/mol. The largest absolute Gasteiger partial charge is 0.461 e. The standard InChI is InChI=1S/C13H17NOS/c1-14(2)8-3-4-12-5-6-13(15-12)11-7-9-16-10-11/h5-7,9-10H,3-4,8H2,1-2H3. The second-order valence-electron chi connectivity index (χ2n) is 4.18. The van der Waals surface area contributed by atoms with Gasteiger partial charge in [-0.1, -0.05) is 0 Å². The van der Waals surface area contributed by atoms with Crippen LogP contribution in [0, 0.1) is 0 Å². The van der Waals surface area contributed by atoms with Crippen LogP contribution in [0.1, 0.15) is 12.2 Å². The normalized spacial score (nSPS) is 11.2. The highest BCUT2D eigenvalue weighted by molar-refractivity contribution is 7.08. The molecule has 0 spiro atoms. The summed E-state index contributed by atoms with van der Waals surface area (Å²) in [6.45, 7) is 1.11. The molecule has 0 aliphatic heterocycles. The fraction of sp³-hybridized carbons (Fsp3) is 0.385. The first-order valence-electron chi connectivity index (χ1n) is 5.52. The van der Waals surface area contributed by atoms with E-state index in [0.717, 1.165) is 30.9 Å². The third kappa shape index (κ3) is 2.97. The van der Waals surface area contributed by atoms with Gasteiger partial charge in [-0.15, -0.1) is 0 Å². The predicted octanol–water partition coefficient (Wildman–Crippen LogP) is 3.50. The summed E-state index contributed by atoms with van der Waals surface area (Å²) in [7, 11) is 4.19. The van der Waals surface area contributed by atoms with Crippen molar-refractivity contribution in [2.24, 2.45) is 0 Å². The summed E-state index contributed by atoms with van der Waals surface area (Å²) >= 11 is 1.70. The molecule has 0 unspecified atom stereocenters. The topological polar surface area (TPSA) is 16.4 Å². The molecule has 2 rings (SSSR count). The van der Waals surface area contributed by atoms with Gasteiger partial charge in [0.25, 0.3) is 0 Å². The Bertz CT molecular complexity index is 417. The van der Waals surface area contributed by atoms with E-state index in [9.17, 15) is 0 Å². The fourth-order valence-electron chi connectivity index (χ4n) is 1.64. The molecule has 86 valence electrons. The van der Waals surface area contributed by atoms with Crippen LogP contribution in [0.5, 0.6) is 0 Å². The maximum absolute atomic E-state index is 5.80. The Morgan fingerprint density at radius 1 is 1.25 bits per heavy atom. The average Bonchev–Trinajstić information content (AvgIpc) is 2.85. The molecule has 0 saturated heterocycles. The third-order valence-electron chi connectivity index (χ3n) is 2.50. The SMILES string of the molecule is CN(C)CCCc1ccc(-c2ccsc2)o1. The van der Waals surface area contributed by atoms with E-state index >= 15 is 0 Å². The third-order valence-corrected chi connectivity index (χ3v) is 3.18. The van der Waals surface area contributed by atoms with Crippen LogP contribution in [-0.4, -0.2) is 25.5 Å². The van der Waals surface area contributed by atoms with Crippen LogP contribution in [-0.2, 0) is 6.42 Å². The molecule has 0 radical (unpaired) electrons. The van der Waals surface area contributed by atoms with Crippen LogP contribution in [0.25, 0.3) is 11.3 Å². The zero-order valence-electron chi connectivity index (χ0n) is 9.77. The summed E-state index contributed by atoms with van der Waals surface area (Å²) in [4.78, 5) is 2.20. The first-order chi connectivity index (χ1) is 7.75. The summed E-state index contributed by atoms with van der Waals surface area (Å²) in [6.07, 6.45) is 2.16. The second-order valence-corrected chi connectivity index (χ2v) is 4.96. The van der Waals surface area contributed by atoms with Crippen molar-refractivity contribution in [3.8, 4) is 11.3 Å². The summed E-state index contributed by atoms with van der Waals surface area (Å²) in [6, 6.07) is 6.24. The second kappa shape index (κ2) is 5.32. The Labute approximate surface area is 101 Å². The molecule has 0 aliphatic carbocycles. The minimum atomic E-state index is 0.987. The Hall–Kier alpha value is -1.06. The van der Waals surface area contributed by atoms with Gasteiger partial charge in [-0.25, -0.2) is 0 Å². The molecule has 0 N–H and O–H groups in total. The lowest BCUT2D eigenvalue weighted by molar-refractivity contribution is 0.390. The van der Waals surface area contributed by atoms with Crippen LogP contribution in [0.15, 0.2) is 33.4 Å². The molecule has 0 fully saturated rings. The van der Waals surface area contributed by atoms with Gasteiger partial charge in [0.1, 0.15) is 11.5 Å². The number of hydrogen-bond acceptors (Lipinski definition) is 3. The van der Waals surface area contributed by atoms with E-state index in [0.29, 0.717) is 0 Å². The molecule has 0 amide bonds. The molecule has 16 heavy (non-hydrogen) atoms. The van der Waals surface area contributed by atoms with Gasteiger partial charge in [0.15, 0.2) is 0 Å². The van der Waals surface area contributed by atoms with Gasteiger partial charge in [0, 0.05) is 17.4 Å². The lowest BCUT2D eigenvalue weighted by Crippen LogP contribution is -2.13. The Balaban J connectivity index is 1.93. The molecule has 2 heterocycles. The van der Waals surface area contributed by atoms with Gasteiger partial charge >= 0.3 is 0 Å². The molecule has 0 saturated carbocycles. The molecule has 2 nitrogen and oxygen atoms in total. The molecular weight excluding hydrogens is 218 g/mol. The van der Waals surface area contributed by atoms with Crippen molar-refractivity contribution in [2.75, 3.05) is 20.6 Å². The quantitative estimate of drug-likeness (QED) is 0.788. The Morgan fingerprint density at radius 3 is 2.81 bits per heavy atom. The lowest BCUT2D eigenvalue weighted by Gasteiger charge is -2.07. The molecule has 0 aliphatic rings. The number of hydrogen-bond donors (Lipinski definition) is 0. The summed E-state index contributed by atoms with van der Waals surface area (Å²) in [5.74, 6) is 2.07. The Morgan fingerprint density at radius 2 is 2.12 bits per heavy atom. The van der Waals surface area contributed by atoms with E-state index in [1.54, 1.807) is 11.3 Å². The van der Waals surface area contributed by atoms with E-state index in [-0.39, 0.29) is 0 Å². The van der Waals surface area contributed by atoms with Gasteiger partial charge < -0.3 is 9.32 Å². The van der Waals surface area contributed by atoms with E-state index in [4.69, 9.17) is 4.42 Å². The molecule has 0 bridgehead atoms. The van der Waals surface area contributed by atoms with Gasteiger partial charge in [-0.05, 0) is 50.6 Å². The summed E-state index contributed by atoms with van der Waals surface area (Å²) in [5.41, 5.74) is 1.18. The van der Waals surface area contributed by atoms with Gasteiger partial charge in [-0.3, -0.25) is 0 Å². The van der Waals surface area contributed by atoms with Crippen LogP contribution in [0.2, 0.25) is 0 Å². The van der Waals surface area contributed by atoms with Gasteiger partial charge in [0.2, 0.25) is 0 Å². The smallest absolute Gasteiger partial charge is 0.135 e. The minimum absolute atomic E-state index is 0.987. The van der Waals surface area contributed by atoms with E-state index in [1.165, 1.54) is 5.56 Å².